The maximum Gasteiger partial charge on any atom is 0.337 e. The summed E-state index contributed by atoms with van der Waals surface area (Å²) in [6, 6.07) is 8.95. The summed E-state index contributed by atoms with van der Waals surface area (Å²) < 4.78 is 40.8. The number of amides is 1. The first-order valence-corrected chi connectivity index (χ1v) is 10.7. The van der Waals surface area contributed by atoms with Crippen LogP contribution in [0.15, 0.2) is 36.4 Å². The van der Waals surface area contributed by atoms with Crippen molar-refractivity contribution < 1.29 is 32.2 Å². The molecule has 0 bridgehead atoms. The van der Waals surface area contributed by atoms with E-state index in [1.807, 2.05) is 0 Å². The van der Waals surface area contributed by atoms with E-state index in [1.54, 1.807) is 19.1 Å². The number of esters is 1. The molecule has 9 nitrogen and oxygen atoms in total. The largest absolute Gasteiger partial charge is 0.493 e. The van der Waals surface area contributed by atoms with Crippen LogP contribution in [0.4, 0.5) is 11.4 Å². The third-order valence-corrected chi connectivity index (χ3v) is 5.52. The molecule has 0 saturated heterocycles. The second-order valence-electron chi connectivity index (χ2n) is 6.18. The normalized spacial score (nSPS) is 10.8. The predicted molar refractivity (Wildman–Crippen MR) is 113 cm³/mol. The minimum absolute atomic E-state index is 0.0805. The SMILES string of the molecule is CCN(c1cc(OC)c(OC)cc1C(=O)Nc1ccc(C(=O)OC)cc1)S(C)(=O)=O. The number of benzene rings is 2. The van der Waals surface area contributed by atoms with Gasteiger partial charge < -0.3 is 19.5 Å². The van der Waals surface area contributed by atoms with Crippen LogP contribution < -0.4 is 19.1 Å². The van der Waals surface area contributed by atoms with Crippen LogP contribution in [0.3, 0.4) is 0 Å². The zero-order valence-corrected chi connectivity index (χ0v) is 18.2. The van der Waals surface area contributed by atoms with Crippen LogP contribution in [-0.4, -0.2) is 54.4 Å². The van der Waals surface area contributed by atoms with Gasteiger partial charge in [0.25, 0.3) is 5.91 Å². The van der Waals surface area contributed by atoms with Crippen molar-refractivity contribution in [3.05, 3.63) is 47.5 Å². The van der Waals surface area contributed by atoms with Crippen molar-refractivity contribution in [2.24, 2.45) is 0 Å². The Morgan fingerprint density at radius 1 is 1.00 bits per heavy atom. The Hall–Kier alpha value is -3.27. The zero-order valence-electron chi connectivity index (χ0n) is 17.4. The molecular formula is C20H24N2O7S. The smallest absolute Gasteiger partial charge is 0.337 e. The van der Waals surface area contributed by atoms with E-state index in [4.69, 9.17) is 9.47 Å². The highest BCUT2D eigenvalue weighted by atomic mass is 32.2. The topological polar surface area (TPSA) is 111 Å². The molecule has 2 rings (SSSR count). The van der Waals surface area contributed by atoms with Crippen molar-refractivity contribution >= 4 is 33.3 Å². The molecule has 0 aliphatic heterocycles. The average molecular weight is 436 g/mol. The van der Waals surface area contributed by atoms with E-state index in [1.165, 1.54) is 45.6 Å². The molecule has 0 radical (unpaired) electrons. The summed E-state index contributed by atoms with van der Waals surface area (Å²) in [6.45, 7) is 1.77. The average Bonchev–Trinajstić information content (AvgIpc) is 2.72. The van der Waals surface area contributed by atoms with Crippen LogP contribution in [0.1, 0.15) is 27.6 Å². The van der Waals surface area contributed by atoms with E-state index < -0.39 is 21.9 Å². The Labute approximate surface area is 175 Å². The molecular weight excluding hydrogens is 412 g/mol. The fourth-order valence-electron chi connectivity index (χ4n) is 2.85. The third kappa shape index (κ3) is 5.01. The minimum Gasteiger partial charge on any atom is -0.493 e. The van der Waals surface area contributed by atoms with Gasteiger partial charge in [0.2, 0.25) is 10.0 Å². The minimum atomic E-state index is -3.65. The molecule has 0 aliphatic carbocycles. The molecule has 0 aliphatic rings. The van der Waals surface area contributed by atoms with Crippen molar-refractivity contribution in [2.75, 3.05) is 43.8 Å². The van der Waals surface area contributed by atoms with Gasteiger partial charge in [-0.25, -0.2) is 13.2 Å². The fourth-order valence-corrected chi connectivity index (χ4v) is 3.82. The number of carbonyl (C=O) groups is 2. The predicted octanol–water partition coefficient (Wildman–Crippen LogP) is 2.53. The lowest BCUT2D eigenvalue weighted by molar-refractivity contribution is 0.0600. The molecule has 0 spiro atoms. The number of methoxy groups -OCH3 is 3. The van der Waals surface area contributed by atoms with E-state index >= 15 is 0 Å². The van der Waals surface area contributed by atoms with Crippen LogP contribution in [0.25, 0.3) is 0 Å². The maximum atomic E-state index is 13.0. The molecule has 0 fully saturated rings. The van der Waals surface area contributed by atoms with Crippen LogP contribution in [-0.2, 0) is 14.8 Å². The van der Waals surface area contributed by atoms with Gasteiger partial charge in [-0.1, -0.05) is 0 Å². The number of rotatable bonds is 8. The maximum absolute atomic E-state index is 13.0. The molecule has 1 amide bonds. The number of nitrogens with one attached hydrogen (secondary N) is 1. The van der Waals surface area contributed by atoms with Gasteiger partial charge in [-0.15, -0.1) is 0 Å². The highest BCUT2D eigenvalue weighted by Gasteiger charge is 2.25. The Bertz CT molecular complexity index is 1030. The molecule has 0 unspecified atom stereocenters. The number of hydrogen-bond acceptors (Lipinski definition) is 7. The van der Waals surface area contributed by atoms with Gasteiger partial charge in [-0.3, -0.25) is 9.10 Å². The van der Waals surface area contributed by atoms with Crippen LogP contribution in [0, 0.1) is 0 Å². The second-order valence-corrected chi connectivity index (χ2v) is 8.08. The molecule has 2 aromatic rings. The summed E-state index contributed by atoms with van der Waals surface area (Å²) >= 11 is 0. The summed E-state index contributed by atoms with van der Waals surface area (Å²) in [5.41, 5.74) is 0.977. The van der Waals surface area contributed by atoms with Gasteiger partial charge in [0.05, 0.1) is 44.4 Å². The van der Waals surface area contributed by atoms with Gasteiger partial charge in [0.15, 0.2) is 11.5 Å². The van der Waals surface area contributed by atoms with E-state index in [-0.39, 0.29) is 29.3 Å². The Morgan fingerprint density at radius 3 is 2.03 bits per heavy atom. The summed E-state index contributed by atoms with van der Waals surface area (Å²) in [7, 11) is 0.455. The highest BCUT2D eigenvalue weighted by Crippen LogP contribution is 2.36. The lowest BCUT2D eigenvalue weighted by atomic mass is 10.1. The molecule has 0 saturated carbocycles. The van der Waals surface area contributed by atoms with Crippen molar-refractivity contribution in [1.29, 1.82) is 0 Å². The van der Waals surface area contributed by atoms with Gasteiger partial charge in [-0.2, -0.15) is 0 Å². The molecule has 10 heteroatoms. The molecule has 30 heavy (non-hydrogen) atoms. The van der Waals surface area contributed by atoms with Crippen molar-refractivity contribution in [3.8, 4) is 11.5 Å². The number of nitrogens with zero attached hydrogens (tertiary/aromatic N) is 1. The van der Waals surface area contributed by atoms with Crippen LogP contribution >= 0.6 is 0 Å². The van der Waals surface area contributed by atoms with Gasteiger partial charge in [0.1, 0.15) is 0 Å². The fraction of sp³-hybridized carbons (Fsp3) is 0.300. The highest BCUT2D eigenvalue weighted by molar-refractivity contribution is 7.92. The number of anilines is 2. The van der Waals surface area contributed by atoms with Crippen molar-refractivity contribution in [1.82, 2.24) is 0 Å². The molecule has 0 atom stereocenters. The Morgan fingerprint density at radius 2 is 1.57 bits per heavy atom. The quantitative estimate of drug-likeness (QED) is 0.633. The van der Waals surface area contributed by atoms with Gasteiger partial charge >= 0.3 is 5.97 Å². The van der Waals surface area contributed by atoms with E-state index in [0.29, 0.717) is 11.3 Å². The van der Waals surface area contributed by atoms with Gasteiger partial charge in [-0.05, 0) is 37.3 Å². The summed E-state index contributed by atoms with van der Waals surface area (Å²) in [4.78, 5) is 24.6. The molecule has 1 N–H and O–H groups in total. The first-order valence-electron chi connectivity index (χ1n) is 8.89. The number of sulfonamides is 1. The molecule has 0 heterocycles. The Kier molecular flexibility index (Phi) is 7.28. The zero-order chi connectivity index (χ0) is 22.5. The van der Waals surface area contributed by atoms with Crippen molar-refractivity contribution in [3.63, 3.8) is 0 Å². The van der Waals surface area contributed by atoms with Crippen LogP contribution in [0.2, 0.25) is 0 Å². The van der Waals surface area contributed by atoms with Gasteiger partial charge in [0, 0.05) is 18.3 Å². The third-order valence-electron chi connectivity index (χ3n) is 4.27. The number of carbonyl (C=O) groups excluding carboxylic acids is 2. The van der Waals surface area contributed by atoms with Crippen molar-refractivity contribution in [2.45, 2.75) is 6.92 Å². The monoisotopic (exact) mass is 436 g/mol. The summed E-state index contributed by atoms with van der Waals surface area (Å²) in [5, 5.41) is 2.69. The lowest BCUT2D eigenvalue weighted by Crippen LogP contribution is -2.31. The van der Waals surface area contributed by atoms with E-state index in [0.717, 1.165) is 10.6 Å². The van der Waals surface area contributed by atoms with E-state index in [9.17, 15) is 18.0 Å². The molecule has 0 aromatic heterocycles. The standard InChI is InChI=1S/C20H24N2O7S/c1-6-22(30(5,25)26)16-12-18(28-3)17(27-2)11-15(16)19(23)21-14-9-7-13(8-10-14)20(24)29-4/h7-12H,6H2,1-5H3,(H,21,23). The summed E-state index contributed by atoms with van der Waals surface area (Å²) in [5.74, 6) is -0.494. The first-order chi connectivity index (χ1) is 14.2. The summed E-state index contributed by atoms with van der Waals surface area (Å²) in [6.07, 6.45) is 1.06. The number of ether oxygens (including phenoxy) is 3. The molecule has 162 valence electrons. The Balaban J connectivity index is 2.50. The van der Waals surface area contributed by atoms with E-state index in [2.05, 4.69) is 10.1 Å². The number of hydrogen-bond donors (Lipinski definition) is 1. The van der Waals surface area contributed by atoms with Crippen LogP contribution in [0.5, 0.6) is 11.5 Å². The second kappa shape index (κ2) is 9.49. The molecule has 2 aromatic carbocycles. The lowest BCUT2D eigenvalue weighted by Gasteiger charge is -2.24. The first kappa shape index (κ1) is 23.0.